The van der Waals surface area contributed by atoms with Crippen molar-refractivity contribution >= 4 is 6.29 Å². The summed E-state index contributed by atoms with van der Waals surface area (Å²) in [5.74, 6) is 0.197. The first-order valence-corrected chi connectivity index (χ1v) is 3.48. The van der Waals surface area contributed by atoms with Crippen LogP contribution in [0.15, 0.2) is 0 Å². The molecule has 1 unspecified atom stereocenters. The van der Waals surface area contributed by atoms with Crippen LogP contribution in [0.3, 0.4) is 0 Å². The fraction of sp³-hybridized carbons (Fsp3) is 0.857. The van der Waals surface area contributed by atoms with Crippen LogP contribution in [-0.4, -0.2) is 31.1 Å². The van der Waals surface area contributed by atoms with E-state index in [1.165, 1.54) is 0 Å². The second-order valence-electron chi connectivity index (χ2n) is 2.55. The second kappa shape index (κ2) is 5.38. The lowest BCUT2D eigenvalue weighted by Gasteiger charge is -2.12. The highest BCUT2D eigenvalue weighted by atomic mass is 16.3. The van der Waals surface area contributed by atoms with Crippen molar-refractivity contribution in [2.24, 2.45) is 5.92 Å². The van der Waals surface area contributed by atoms with Gasteiger partial charge in [-0.05, 0) is 19.4 Å². The molecule has 0 aromatic carbocycles. The van der Waals surface area contributed by atoms with Gasteiger partial charge in [-0.25, -0.2) is 0 Å². The molecule has 0 saturated carbocycles. The SMILES string of the molecule is CN[C@H](C=O)CC(C)CO. The Morgan fingerprint density at radius 1 is 1.70 bits per heavy atom. The van der Waals surface area contributed by atoms with Gasteiger partial charge in [0, 0.05) is 6.61 Å². The van der Waals surface area contributed by atoms with Crippen LogP contribution in [0.5, 0.6) is 0 Å². The van der Waals surface area contributed by atoms with Gasteiger partial charge < -0.3 is 15.2 Å². The van der Waals surface area contributed by atoms with E-state index in [1.807, 2.05) is 6.92 Å². The van der Waals surface area contributed by atoms with Crippen LogP contribution in [0.4, 0.5) is 0 Å². The van der Waals surface area contributed by atoms with E-state index in [0.717, 1.165) is 6.29 Å². The molecule has 60 valence electrons. The molecule has 2 N–H and O–H groups in total. The standard InChI is InChI=1S/C7H15NO2/c1-6(4-9)3-7(5-10)8-2/h5-9H,3-4H2,1-2H3/t6?,7-/m0/s1. The van der Waals surface area contributed by atoms with Gasteiger partial charge in [0.25, 0.3) is 0 Å². The molecule has 0 heterocycles. The third-order valence-electron chi connectivity index (χ3n) is 1.50. The maximum Gasteiger partial charge on any atom is 0.136 e. The Morgan fingerprint density at radius 3 is 2.60 bits per heavy atom. The first kappa shape index (κ1) is 9.59. The van der Waals surface area contributed by atoms with Crippen LogP contribution in [0.25, 0.3) is 0 Å². The Balaban J connectivity index is 3.51. The molecular weight excluding hydrogens is 130 g/mol. The summed E-state index contributed by atoms with van der Waals surface area (Å²) >= 11 is 0. The molecule has 0 fully saturated rings. The van der Waals surface area contributed by atoms with Crippen LogP contribution in [0.2, 0.25) is 0 Å². The minimum Gasteiger partial charge on any atom is -0.396 e. The lowest BCUT2D eigenvalue weighted by molar-refractivity contribution is -0.109. The predicted molar refractivity (Wildman–Crippen MR) is 39.8 cm³/mol. The number of hydrogen-bond donors (Lipinski definition) is 2. The number of hydrogen-bond acceptors (Lipinski definition) is 3. The molecule has 0 radical (unpaired) electrons. The summed E-state index contributed by atoms with van der Waals surface area (Å²) < 4.78 is 0. The molecule has 0 aromatic rings. The van der Waals surface area contributed by atoms with Crippen LogP contribution >= 0.6 is 0 Å². The van der Waals surface area contributed by atoms with E-state index in [0.29, 0.717) is 6.42 Å². The van der Waals surface area contributed by atoms with E-state index < -0.39 is 0 Å². The normalized spacial score (nSPS) is 16.3. The Bertz CT molecular complexity index is 95.6. The zero-order chi connectivity index (χ0) is 7.98. The molecule has 0 amide bonds. The fourth-order valence-electron chi connectivity index (χ4n) is 0.749. The summed E-state index contributed by atoms with van der Waals surface area (Å²) in [4.78, 5) is 10.2. The number of aliphatic hydroxyl groups excluding tert-OH is 1. The first-order valence-electron chi connectivity index (χ1n) is 3.48. The van der Waals surface area contributed by atoms with E-state index in [1.54, 1.807) is 7.05 Å². The van der Waals surface area contributed by atoms with Gasteiger partial charge in [-0.3, -0.25) is 0 Å². The molecule has 3 nitrogen and oxygen atoms in total. The van der Waals surface area contributed by atoms with Crippen LogP contribution < -0.4 is 5.32 Å². The van der Waals surface area contributed by atoms with Gasteiger partial charge in [-0.1, -0.05) is 6.92 Å². The topological polar surface area (TPSA) is 49.3 Å². The van der Waals surface area contributed by atoms with E-state index in [9.17, 15) is 4.79 Å². The fourth-order valence-corrected chi connectivity index (χ4v) is 0.749. The molecule has 0 bridgehead atoms. The Hall–Kier alpha value is -0.410. The third kappa shape index (κ3) is 3.58. The molecule has 0 aromatic heterocycles. The third-order valence-corrected chi connectivity index (χ3v) is 1.50. The van der Waals surface area contributed by atoms with Crippen LogP contribution in [-0.2, 0) is 4.79 Å². The number of nitrogens with one attached hydrogen (secondary N) is 1. The minimum absolute atomic E-state index is 0.109. The lowest BCUT2D eigenvalue weighted by Crippen LogP contribution is -2.29. The van der Waals surface area contributed by atoms with Gasteiger partial charge >= 0.3 is 0 Å². The summed E-state index contributed by atoms with van der Waals surface area (Å²) in [6.45, 7) is 2.06. The Labute approximate surface area is 61.4 Å². The van der Waals surface area contributed by atoms with Crippen LogP contribution in [0, 0.1) is 5.92 Å². The van der Waals surface area contributed by atoms with Crippen molar-refractivity contribution in [3.63, 3.8) is 0 Å². The van der Waals surface area contributed by atoms with Gasteiger partial charge in [-0.15, -0.1) is 0 Å². The molecule has 2 atom stereocenters. The molecule has 0 spiro atoms. The maximum absolute atomic E-state index is 10.2. The van der Waals surface area contributed by atoms with E-state index in [4.69, 9.17) is 5.11 Å². The van der Waals surface area contributed by atoms with Crippen molar-refractivity contribution in [3.8, 4) is 0 Å². The molecule has 0 rings (SSSR count). The maximum atomic E-state index is 10.2. The second-order valence-corrected chi connectivity index (χ2v) is 2.55. The zero-order valence-corrected chi connectivity index (χ0v) is 6.50. The molecule has 10 heavy (non-hydrogen) atoms. The van der Waals surface area contributed by atoms with Crippen molar-refractivity contribution < 1.29 is 9.90 Å². The molecule has 0 aliphatic heterocycles. The smallest absolute Gasteiger partial charge is 0.136 e. The predicted octanol–water partition coefficient (Wildman–Crippen LogP) is -0.208. The summed E-state index contributed by atoms with van der Waals surface area (Å²) in [5, 5.41) is 11.5. The summed E-state index contributed by atoms with van der Waals surface area (Å²) in [5.41, 5.74) is 0. The summed E-state index contributed by atoms with van der Waals surface area (Å²) in [6, 6.07) is -0.109. The Kier molecular flexibility index (Phi) is 5.16. The quantitative estimate of drug-likeness (QED) is 0.526. The van der Waals surface area contributed by atoms with Crippen molar-refractivity contribution in [1.82, 2.24) is 5.32 Å². The monoisotopic (exact) mass is 145 g/mol. The van der Waals surface area contributed by atoms with E-state index in [-0.39, 0.29) is 18.6 Å². The number of likely N-dealkylation sites (N-methyl/N-ethyl adjacent to an activating group) is 1. The number of rotatable bonds is 5. The summed E-state index contributed by atoms with van der Waals surface area (Å²) in [6.07, 6.45) is 1.57. The highest BCUT2D eigenvalue weighted by molar-refractivity contribution is 5.57. The molecular formula is C7H15NO2. The molecule has 0 saturated heterocycles. The Morgan fingerprint density at radius 2 is 2.30 bits per heavy atom. The average molecular weight is 145 g/mol. The summed E-state index contributed by atoms with van der Waals surface area (Å²) in [7, 11) is 1.74. The lowest BCUT2D eigenvalue weighted by atomic mass is 10.0. The van der Waals surface area contributed by atoms with Crippen molar-refractivity contribution in [3.05, 3.63) is 0 Å². The number of aldehydes is 1. The first-order chi connectivity index (χ1) is 4.74. The van der Waals surface area contributed by atoms with Crippen molar-refractivity contribution in [1.29, 1.82) is 0 Å². The van der Waals surface area contributed by atoms with Gasteiger partial charge in [-0.2, -0.15) is 0 Å². The highest BCUT2D eigenvalue weighted by Crippen LogP contribution is 2.02. The zero-order valence-electron chi connectivity index (χ0n) is 6.50. The van der Waals surface area contributed by atoms with Gasteiger partial charge in [0.2, 0.25) is 0 Å². The highest BCUT2D eigenvalue weighted by Gasteiger charge is 2.08. The van der Waals surface area contributed by atoms with Crippen molar-refractivity contribution in [2.45, 2.75) is 19.4 Å². The van der Waals surface area contributed by atoms with Crippen molar-refractivity contribution in [2.75, 3.05) is 13.7 Å². The molecule has 0 aliphatic carbocycles. The van der Waals surface area contributed by atoms with E-state index >= 15 is 0 Å². The number of carbonyl (C=O) groups excluding carboxylic acids is 1. The van der Waals surface area contributed by atoms with Gasteiger partial charge in [0.05, 0.1) is 6.04 Å². The molecule has 3 heteroatoms. The largest absolute Gasteiger partial charge is 0.396 e. The molecule has 0 aliphatic rings. The number of aliphatic hydroxyl groups is 1. The average Bonchev–Trinajstić information content (AvgIpc) is 1.99. The van der Waals surface area contributed by atoms with Crippen LogP contribution in [0.1, 0.15) is 13.3 Å². The minimum atomic E-state index is -0.109. The van der Waals surface area contributed by atoms with Gasteiger partial charge in [0.15, 0.2) is 0 Å². The van der Waals surface area contributed by atoms with Gasteiger partial charge in [0.1, 0.15) is 6.29 Å². The van der Waals surface area contributed by atoms with E-state index in [2.05, 4.69) is 5.32 Å². The number of carbonyl (C=O) groups is 1.